The van der Waals surface area contributed by atoms with Crippen LogP contribution in [-0.4, -0.2) is 19.6 Å². The van der Waals surface area contributed by atoms with Crippen LogP contribution in [0.3, 0.4) is 0 Å². The molecule has 1 aromatic carbocycles. The van der Waals surface area contributed by atoms with Crippen LogP contribution in [0.1, 0.15) is 18.4 Å². The summed E-state index contributed by atoms with van der Waals surface area (Å²) in [5.41, 5.74) is 6.47. The van der Waals surface area contributed by atoms with Gasteiger partial charge in [-0.15, -0.1) is 0 Å². The standard InChI is InChI=1S/C12H17FN2/c13-11-4-2-1-3-10(11)12(9-14)5-7-15-8-6-12/h1-4,15H,5-9,14H2. The largest absolute Gasteiger partial charge is 0.330 e. The summed E-state index contributed by atoms with van der Waals surface area (Å²) in [4.78, 5) is 0. The van der Waals surface area contributed by atoms with Crippen LogP contribution in [0.25, 0.3) is 0 Å². The van der Waals surface area contributed by atoms with Crippen LogP contribution in [-0.2, 0) is 5.41 Å². The molecule has 1 saturated heterocycles. The predicted octanol–water partition coefficient (Wildman–Crippen LogP) is 1.41. The van der Waals surface area contributed by atoms with Gasteiger partial charge in [0.1, 0.15) is 5.82 Å². The van der Waals surface area contributed by atoms with Crippen molar-refractivity contribution >= 4 is 0 Å². The SMILES string of the molecule is NCC1(c2ccccc2F)CCNCC1. The van der Waals surface area contributed by atoms with Crippen molar-refractivity contribution in [2.45, 2.75) is 18.3 Å². The van der Waals surface area contributed by atoms with E-state index >= 15 is 0 Å². The summed E-state index contributed by atoms with van der Waals surface area (Å²) in [6.07, 6.45) is 1.84. The third kappa shape index (κ3) is 1.90. The van der Waals surface area contributed by atoms with Gasteiger partial charge < -0.3 is 11.1 Å². The van der Waals surface area contributed by atoms with E-state index in [-0.39, 0.29) is 11.2 Å². The minimum Gasteiger partial charge on any atom is -0.330 e. The molecule has 3 N–H and O–H groups in total. The first-order chi connectivity index (χ1) is 7.28. The van der Waals surface area contributed by atoms with Crippen LogP contribution in [0, 0.1) is 5.82 Å². The number of hydrogen-bond donors (Lipinski definition) is 2. The molecule has 82 valence electrons. The lowest BCUT2D eigenvalue weighted by Gasteiger charge is -2.37. The van der Waals surface area contributed by atoms with Gasteiger partial charge in [-0.1, -0.05) is 18.2 Å². The lowest BCUT2D eigenvalue weighted by molar-refractivity contribution is 0.306. The zero-order chi connectivity index (χ0) is 10.7. The number of hydrogen-bond acceptors (Lipinski definition) is 2. The Bertz CT molecular complexity index is 332. The number of piperidine rings is 1. The first-order valence-electron chi connectivity index (χ1n) is 5.44. The maximum atomic E-state index is 13.7. The van der Waals surface area contributed by atoms with Gasteiger partial charge in [0.2, 0.25) is 0 Å². The molecule has 2 nitrogen and oxygen atoms in total. The first-order valence-corrected chi connectivity index (χ1v) is 5.44. The summed E-state index contributed by atoms with van der Waals surface area (Å²) in [5, 5.41) is 3.29. The van der Waals surface area contributed by atoms with Crippen molar-refractivity contribution in [3.05, 3.63) is 35.6 Å². The van der Waals surface area contributed by atoms with Crippen molar-refractivity contribution in [2.24, 2.45) is 5.73 Å². The Hall–Kier alpha value is -0.930. The molecular weight excluding hydrogens is 191 g/mol. The molecule has 0 aliphatic carbocycles. The molecule has 1 aliphatic rings. The zero-order valence-corrected chi connectivity index (χ0v) is 8.80. The van der Waals surface area contributed by atoms with Gasteiger partial charge in [0.25, 0.3) is 0 Å². The second kappa shape index (κ2) is 4.29. The summed E-state index contributed by atoms with van der Waals surface area (Å²) in [7, 11) is 0. The number of halogens is 1. The van der Waals surface area contributed by atoms with Gasteiger partial charge in [0.05, 0.1) is 0 Å². The Labute approximate surface area is 89.7 Å². The smallest absolute Gasteiger partial charge is 0.127 e. The van der Waals surface area contributed by atoms with Gasteiger partial charge in [-0.05, 0) is 37.6 Å². The fraction of sp³-hybridized carbons (Fsp3) is 0.500. The number of nitrogens with two attached hydrogens (primary N) is 1. The van der Waals surface area contributed by atoms with Crippen LogP contribution >= 0.6 is 0 Å². The average molecular weight is 208 g/mol. The molecule has 2 rings (SSSR count). The Kier molecular flexibility index (Phi) is 3.03. The Morgan fingerprint density at radius 1 is 1.27 bits per heavy atom. The maximum absolute atomic E-state index is 13.7. The van der Waals surface area contributed by atoms with Gasteiger partial charge in [-0.2, -0.15) is 0 Å². The highest BCUT2D eigenvalue weighted by atomic mass is 19.1. The molecule has 0 unspecified atom stereocenters. The molecule has 0 amide bonds. The van der Waals surface area contributed by atoms with Crippen LogP contribution in [0.15, 0.2) is 24.3 Å². The molecule has 3 heteroatoms. The molecule has 15 heavy (non-hydrogen) atoms. The highest BCUT2D eigenvalue weighted by Gasteiger charge is 2.34. The quantitative estimate of drug-likeness (QED) is 0.771. The number of rotatable bonds is 2. The number of nitrogens with one attached hydrogen (secondary N) is 1. The van der Waals surface area contributed by atoms with Gasteiger partial charge >= 0.3 is 0 Å². The monoisotopic (exact) mass is 208 g/mol. The molecule has 1 fully saturated rings. The van der Waals surface area contributed by atoms with E-state index in [1.165, 1.54) is 6.07 Å². The molecular formula is C12H17FN2. The molecule has 0 radical (unpaired) electrons. The Balaban J connectivity index is 2.36. The molecule has 1 aromatic rings. The van der Waals surface area contributed by atoms with Crippen LogP contribution in [0.5, 0.6) is 0 Å². The Morgan fingerprint density at radius 2 is 1.93 bits per heavy atom. The van der Waals surface area contributed by atoms with Crippen molar-refractivity contribution in [1.29, 1.82) is 0 Å². The Morgan fingerprint density at radius 3 is 2.53 bits per heavy atom. The fourth-order valence-electron chi connectivity index (χ4n) is 2.38. The minimum absolute atomic E-state index is 0.121. The van der Waals surface area contributed by atoms with E-state index in [0.29, 0.717) is 6.54 Å². The lowest BCUT2D eigenvalue weighted by Crippen LogP contribution is -2.45. The highest BCUT2D eigenvalue weighted by molar-refractivity contribution is 5.28. The topological polar surface area (TPSA) is 38.0 Å². The van der Waals surface area contributed by atoms with Crippen molar-refractivity contribution in [2.75, 3.05) is 19.6 Å². The van der Waals surface area contributed by atoms with Gasteiger partial charge in [0.15, 0.2) is 0 Å². The van der Waals surface area contributed by atoms with Crippen molar-refractivity contribution in [3.63, 3.8) is 0 Å². The first kappa shape index (κ1) is 10.6. The van der Waals surface area contributed by atoms with Crippen molar-refractivity contribution < 1.29 is 4.39 Å². The fourth-order valence-corrected chi connectivity index (χ4v) is 2.38. The second-order valence-corrected chi connectivity index (χ2v) is 4.21. The van der Waals surface area contributed by atoms with E-state index in [4.69, 9.17) is 5.73 Å². The average Bonchev–Trinajstić information content (AvgIpc) is 2.30. The maximum Gasteiger partial charge on any atom is 0.127 e. The van der Waals surface area contributed by atoms with E-state index in [9.17, 15) is 4.39 Å². The van der Waals surface area contributed by atoms with E-state index in [1.807, 2.05) is 12.1 Å². The van der Waals surface area contributed by atoms with Gasteiger partial charge in [0, 0.05) is 12.0 Å². The van der Waals surface area contributed by atoms with Crippen LogP contribution in [0.4, 0.5) is 4.39 Å². The lowest BCUT2D eigenvalue weighted by atomic mass is 9.73. The zero-order valence-electron chi connectivity index (χ0n) is 8.80. The highest BCUT2D eigenvalue weighted by Crippen LogP contribution is 2.33. The van der Waals surface area contributed by atoms with E-state index in [0.717, 1.165) is 31.5 Å². The second-order valence-electron chi connectivity index (χ2n) is 4.21. The molecule has 0 saturated carbocycles. The summed E-state index contributed by atoms with van der Waals surface area (Å²) < 4.78 is 13.7. The third-order valence-electron chi connectivity index (χ3n) is 3.40. The van der Waals surface area contributed by atoms with Gasteiger partial charge in [-0.25, -0.2) is 4.39 Å². The van der Waals surface area contributed by atoms with E-state index in [1.54, 1.807) is 6.07 Å². The molecule has 1 heterocycles. The summed E-state index contributed by atoms with van der Waals surface area (Å²) in [6, 6.07) is 7.00. The summed E-state index contributed by atoms with van der Waals surface area (Å²) >= 11 is 0. The summed E-state index contributed by atoms with van der Waals surface area (Å²) in [5.74, 6) is -0.121. The predicted molar refractivity (Wildman–Crippen MR) is 59.2 cm³/mol. The van der Waals surface area contributed by atoms with Crippen molar-refractivity contribution in [3.8, 4) is 0 Å². The molecule has 0 bridgehead atoms. The van der Waals surface area contributed by atoms with E-state index in [2.05, 4.69) is 5.32 Å². The molecule has 0 aromatic heterocycles. The molecule has 0 spiro atoms. The minimum atomic E-state index is -0.156. The normalized spacial score (nSPS) is 20.1. The van der Waals surface area contributed by atoms with Crippen molar-refractivity contribution in [1.82, 2.24) is 5.32 Å². The third-order valence-corrected chi connectivity index (χ3v) is 3.40. The van der Waals surface area contributed by atoms with Crippen LogP contribution in [0.2, 0.25) is 0 Å². The van der Waals surface area contributed by atoms with Crippen LogP contribution < -0.4 is 11.1 Å². The number of benzene rings is 1. The molecule has 0 atom stereocenters. The van der Waals surface area contributed by atoms with Gasteiger partial charge in [-0.3, -0.25) is 0 Å². The van der Waals surface area contributed by atoms with E-state index < -0.39 is 0 Å². The summed E-state index contributed by atoms with van der Waals surface area (Å²) in [6.45, 7) is 2.37. The molecule has 1 aliphatic heterocycles.